The zero-order chi connectivity index (χ0) is 13.3. The molecule has 4 heteroatoms. The number of ether oxygens (including phenoxy) is 2. The Kier molecular flexibility index (Phi) is 4.07. The first-order valence-corrected chi connectivity index (χ1v) is 6.26. The Morgan fingerprint density at radius 3 is 2.47 bits per heavy atom. The fourth-order valence-corrected chi connectivity index (χ4v) is 1.72. The summed E-state index contributed by atoms with van der Waals surface area (Å²) in [5.74, 6) is 0.368. The van der Waals surface area contributed by atoms with Crippen LogP contribution in [0.3, 0.4) is 0 Å². The molecular weight excluding hydrogens is 218 g/mol. The van der Waals surface area contributed by atoms with Gasteiger partial charge in [0, 0.05) is 6.54 Å². The van der Waals surface area contributed by atoms with Crippen molar-refractivity contribution in [2.24, 2.45) is 5.92 Å². The number of rotatable bonds is 1. The minimum absolute atomic E-state index is 0.243. The number of hydrogen-bond donors (Lipinski definition) is 0. The second kappa shape index (κ2) is 4.84. The highest BCUT2D eigenvalue weighted by Gasteiger charge is 2.38. The van der Waals surface area contributed by atoms with Crippen molar-refractivity contribution in [1.82, 2.24) is 4.90 Å². The van der Waals surface area contributed by atoms with Gasteiger partial charge in [-0.2, -0.15) is 0 Å². The van der Waals surface area contributed by atoms with Crippen molar-refractivity contribution in [3.63, 3.8) is 0 Å². The number of hydrogen-bond acceptors (Lipinski definition) is 3. The van der Waals surface area contributed by atoms with Gasteiger partial charge in [0.1, 0.15) is 5.60 Å². The molecule has 17 heavy (non-hydrogen) atoms. The molecular formula is C13H25NO3. The molecule has 0 aromatic carbocycles. The molecule has 0 spiro atoms. The Hall–Kier alpha value is -0.770. The number of nitrogens with zero attached hydrogens (tertiary/aromatic N) is 1. The Morgan fingerprint density at radius 1 is 1.41 bits per heavy atom. The van der Waals surface area contributed by atoms with Gasteiger partial charge in [0.15, 0.2) is 0 Å². The lowest BCUT2D eigenvalue weighted by Gasteiger charge is -2.43. The van der Waals surface area contributed by atoms with E-state index in [1.807, 2.05) is 27.7 Å². The molecule has 1 rings (SSSR count). The summed E-state index contributed by atoms with van der Waals surface area (Å²) in [5, 5.41) is 0. The molecule has 1 aliphatic rings. The molecule has 1 amide bonds. The Bertz CT molecular complexity index is 283. The Labute approximate surface area is 104 Å². The number of amides is 1. The zero-order valence-corrected chi connectivity index (χ0v) is 11.9. The smallest absolute Gasteiger partial charge is 0.410 e. The molecule has 0 N–H and O–H groups in total. The van der Waals surface area contributed by atoms with Crippen LogP contribution in [0.15, 0.2) is 0 Å². The largest absolute Gasteiger partial charge is 0.444 e. The van der Waals surface area contributed by atoms with Crippen molar-refractivity contribution in [3.05, 3.63) is 0 Å². The standard InChI is InChI=1S/C13H25NO3/c1-10(2)13(6)9-14(7-8-16-13)11(15)17-12(3,4)5/h10H,7-9H2,1-6H3. The first kappa shape index (κ1) is 14.3. The third kappa shape index (κ3) is 3.87. The molecule has 1 fully saturated rings. The van der Waals surface area contributed by atoms with Crippen molar-refractivity contribution in [2.45, 2.75) is 52.7 Å². The summed E-state index contributed by atoms with van der Waals surface area (Å²) in [6.45, 7) is 13.7. The van der Waals surface area contributed by atoms with Crippen molar-refractivity contribution in [2.75, 3.05) is 19.7 Å². The van der Waals surface area contributed by atoms with Crippen LogP contribution < -0.4 is 0 Å². The van der Waals surface area contributed by atoms with Crippen molar-refractivity contribution < 1.29 is 14.3 Å². The summed E-state index contributed by atoms with van der Waals surface area (Å²) < 4.78 is 11.2. The van der Waals surface area contributed by atoms with Crippen LogP contribution in [0.5, 0.6) is 0 Å². The summed E-state index contributed by atoms with van der Waals surface area (Å²) >= 11 is 0. The van der Waals surface area contributed by atoms with Crippen LogP contribution in [-0.4, -0.2) is 41.9 Å². The Morgan fingerprint density at radius 2 is 2.00 bits per heavy atom. The highest BCUT2D eigenvalue weighted by molar-refractivity contribution is 5.68. The van der Waals surface area contributed by atoms with Gasteiger partial charge in [-0.05, 0) is 33.6 Å². The third-order valence-corrected chi connectivity index (χ3v) is 3.17. The van der Waals surface area contributed by atoms with Crippen LogP contribution >= 0.6 is 0 Å². The fraction of sp³-hybridized carbons (Fsp3) is 0.923. The lowest BCUT2D eigenvalue weighted by atomic mass is 9.90. The summed E-state index contributed by atoms with van der Waals surface area (Å²) in [6.07, 6.45) is -0.243. The summed E-state index contributed by atoms with van der Waals surface area (Å²) in [4.78, 5) is 13.7. The predicted molar refractivity (Wildman–Crippen MR) is 67.0 cm³/mol. The van der Waals surface area contributed by atoms with E-state index in [1.165, 1.54) is 0 Å². The second-order valence-corrected chi connectivity index (χ2v) is 6.22. The third-order valence-electron chi connectivity index (χ3n) is 3.17. The maximum absolute atomic E-state index is 12.0. The average molecular weight is 243 g/mol. The van der Waals surface area contributed by atoms with Crippen LogP contribution in [-0.2, 0) is 9.47 Å². The normalized spacial score (nSPS) is 26.2. The number of morpholine rings is 1. The van der Waals surface area contributed by atoms with Crippen LogP contribution in [0.25, 0.3) is 0 Å². The molecule has 0 aromatic rings. The summed E-state index contributed by atoms with van der Waals surface area (Å²) in [7, 11) is 0. The first-order chi connectivity index (χ1) is 7.64. The topological polar surface area (TPSA) is 38.8 Å². The van der Waals surface area contributed by atoms with Crippen molar-refractivity contribution in [3.8, 4) is 0 Å². The predicted octanol–water partition coefficient (Wildman–Crippen LogP) is 2.67. The first-order valence-electron chi connectivity index (χ1n) is 6.26. The molecule has 0 saturated carbocycles. The van der Waals surface area contributed by atoms with E-state index >= 15 is 0 Å². The van der Waals surface area contributed by atoms with E-state index in [-0.39, 0.29) is 11.7 Å². The quantitative estimate of drug-likeness (QED) is 0.710. The molecule has 0 bridgehead atoms. The van der Waals surface area contributed by atoms with Gasteiger partial charge in [-0.25, -0.2) is 4.79 Å². The summed E-state index contributed by atoms with van der Waals surface area (Å²) in [5.41, 5.74) is -0.710. The molecule has 100 valence electrons. The van der Waals surface area contributed by atoms with E-state index in [4.69, 9.17) is 9.47 Å². The molecule has 1 unspecified atom stereocenters. The van der Waals surface area contributed by atoms with Gasteiger partial charge in [-0.3, -0.25) is 0 Å². The van der Waals surface area contributed by atoms with E-state index in [9.17, 15) is 4.79 Å². The van der Waals surface area contributed by atoms with Gasteiger partial charge >= 0.3 is 6.09 Å². The van der Waals surface area contributed by atoms with Gasteiger partial charge in [-0.15, -0.1) is 0 Å². The highest BCUT2D eigenvalue weighted by atomic mass is 16.6. The molecule has 1 atom stereocenters. The average Bonchev–Trinajstić information content (AvgIpc) is 2.15. The van der Waals surface area contributed by atoms with E-state index in [0.29, 0.717) is 25.6 Å². The van der Waals surface area contributed by atoms with Gasteiger partial charge < -0.3 is 14.4 Å². The van der Waals surface area contributed by atoms with Crippen LogP contribution in [0.4, 0.5) is 4.79 Å². The van der Waals surface area contributed by atoms with Crippen LogP contribution in [0.2, 0.25) is 0 Å². The lowest BCUT2D eigenvalue weighted by molar-refractivity contribution is -0.121. The maximum atomic E-state index is 12.0. The van der Waals surface area contributed by atoms with E-state index in [0.717, 1.165) is 0 Å². The van der Waals surface area contributed by atoms with Crippen molar-refractivity contribution in [1.29, 1.82) is 0 Å². The monoisotopic (exact) mass is 243 g/mol. The van der Waals surface area contributed by atoms with E-state index < -0.39 is 5.60 Å². The SMILES string of the molecule is CC(C)C1(C)CN(C(=O)OC(C)(C)C)CCO1. The van der Waals surface area contributed by atoms with Gasteiger partial charge in [0.05, 0.1) is 18.8 Å². The van der Waals surface area contributed by atoms with Crippen LogP contribution in [0.1, 0.15) is 41.5 Å². The molecule has 1 aliphatic heterocycles. The zero-order valence-electron chi connectivity index (χ0n) is 11.9. The minimum atomic E-state index is -0.441. The molecule has 0 aliphatic carbocycles. The summed E-state index contributed by atoms with van der Waals surface area (Å²) in [6, 6.07) is 0. The van der Waals surface area contributed by atoms with Crippen LogP contribution in [0, 0.1) is 5.92 Å². The number of carbonyl (C=O) groups is 1. The fourth-order valence-electron chi connectivity index (χ4n) is 1.72. The number of carbonyl (C=O) groups excluding carboxylic acids is 1. The van der Waals surface area contributed by atoms with Gasteiger partial charge in [-0.1, -0.05) is 13.8 Å². The highest BCUT2D eigenvalue weighted by Crippen LogP contribution is 2.26. The molecule has 4 nitrogen and oxygen atoms in total. The molecule has 1 heterocycles. The van der Waals surface area contributed by atoms with Gasteiger partial charge in [0.2, 0.25) is 0 Å². The molecule has 1 saturated heterocycles. The maximum Gasteiger partial charge on any atom is 0.410 e. The molecule has 0 radical (unpaired) electrons. The Balaban J connectivity index is 2.64. The molecule has 0 aromatic heterocycles. The van der Waals surface area contributed by atoms with Crippen molar-refractivity contribution >= 4 is 6.09 Å². The van der Waals surface area contributed by atoms with E-state index in [2.05, 4.69) is 13.8 Å². The minimum Gasteiger partial charge on any atom is -0.444 e. The lowest BCUT2D eigenvalue weighted by Crippen LogP contribution is -2.55. The van der Waals surface area contributed by atoms with E-state index in [1.54, 1.807) is 4.90 Å². The second-order valence-electron chi connectivity index (χ2n) is 6.22. The van der Waals surface area contributed by atoms with Gasteiger partial charge in [0.25, 0.3) is 0 Å².